The van der Waals surface area contributed by atoms with Crippen LogP contribution in [0.3, 0.4) is 0 Å². The minimum Gasteiger partial charge on any atom is -0.426 e. The second-order valence-electron chi connectivity index (χ2n) is 8.88. The quantitative estimate of drug-likeness (QED) is 0.535. The standard InChI is InChI=1S/C25H31N5O3/c1-27-13-14-32-17-21(27)16-29-9-11-30(12-10-29)20-6-3-5-19(15-20)25-26-24-22(28(25)2)7-4-8-23(24)33-18-31/h3-8,15,18,21H,9-14,16-17H2,1-2H3. The van der Waals surface area contributed by atoms with Crippen molar-refractivity contribution in [2.24, 2.45) is 7.05 Å². The minimum absolute atomic E-state index is 0.447. The first-order valence-electron chi connectivity index (χ1n) is 11.6. The molecule has 3 aromatic rings. The monoisotopic (exact) mass is 449 g/mol. The van der Waals surface area contributed by atoms with Crippen LogP contribution in [0.25, 0.3) is 22.4 Å². The van der Waals surface area contributed by atoms with E-state index in [9.17, 15) is 4.79 Å². The number of ether oxygens (including phenoxy) is 2. The van der Waals surface area contributed by atoms with E-state index in [0.717, 1.165) is 69.4 Å². The molecule has 2 aliphatic heterocycles. The van der Waals surface area contributed by atoms with Gasteiger partial charge in [0.15, 0.2) is 5.75 Å². The summed E-state index contributed by atoms with van der Waals surface area (Å²) in [5, 5.41) is 0. The van der Waals surface area contributed by atoms with Crippen molar-refractivity contribution in [1.29, 1.82) is 0 Å². The molecule has 2 aliphatic rings. The summed E-state index contributed by atoms with van der Waals surface area (Å²) >= 11 is 0. The zero-order valence-electron chi connectivity index (χ0n) is 19.3. The lowest BCUT2D eigenvalue weighted by Gasteiger charge is -2.40. The molecule has 1 aromatic heterocycles. The highest BCUT2D eigenvalue weighted by molar-refractivity contribution is 5.87. The molecular formula is C25H31N5O3. The summed E-state index contributed by atoms with van der Waals surface area (Å²) in [6, 6.07) is 14.7. The van der Waals surface area contributed by atoms with Crippen LogP contribution in [0.4, 0.5) is 5.69 Å². The number of fused-ring (bicyclic) bond motifs is 1. The van der Waals surface area contributed by atoms with Crippen LogP contribution in [0.1, 0.15) is 0 Å². The van der Waals surface area contributed by atoms with E-state index >= 15 is 0 Å². The third-order valence-electron chi connectivity index (χ3n) is 6.88. The zero-order valence-corrected chi connectivity index (χ0v) is 19.3. The number of imidazole rings is 1. The number of morpholine rings is 1. The fourth-order valence-electron chi connectivity index (χ4n) is 4.85. The second-order valence-corrected chi connectivity index (χ2v) is 8.88. The predicted octanol–water partition coefficient (Wildman–Crippen LogP) is 2.23. The fourth-order valence-corrected chi connectivity index (χ4v) is 4.85. The Kier molecular flexibility index (Phi) is 6.30. The molecule has 0 aliphatic carbocycles. The first-order chi connectivity index (χ1) is 16.1. The number of piperazine rings is 1. The van der Waals surface area contributed by atoms with Gasteiger partial charge in [-0.2, -0.15) is 0 Å². The number of rotatable bonds is 6. The molecule has 2 aromatic carbocycles. The number of anilines is 1. The third-order valence-corrected chi connectivity index (χ3v) is 6.88. The van der Waals surface area contributed by atoms with Crippen molar-refractivity contribution >= 4 is 23.2 Å². The molecule has 1 unspecified atom stereocenters. The Morgan fingerprint density at radius 1 is 1.09 bits per heavy atom. The van der Waals surface area contributed by atoms with Gasteiger partial charge >= 0.3 is 0 Å². The molecule has 0 spiro atoms. The van der Waals surface area contributed by atoms with Gasteiger partial charge in [-0.3, -0.25) is 14.6 Å². The number of aromatic nitrogens is 2. The van der Waals surface area contributed by atoms with E-state index in [2.05, 4.69) is 46.0 Å². The Morgan fingerprint density at radius 2 is 1.91 bits per heavy atom. The molecular weight excluding hydrogens is 418 g/mol. The topological polar surface area (TPSA) is 63.1 Å². The number of aryl methyl sites for hydroxylation is 1. The molecule has 174 valence electrons. The Labute approximate surface area is 194 Å². The van der Waals surface area contributed by atoms with Crippen LogP contribution in [0, 0.1) is 0 Å². The molecule has 0 saturated carbocycles. The Hall–Kier alpha value is -2.94. The number of para-hydroxylation sites is 1. The van der Waals surface area contributed by atoms with Gasteiger partial charge in [0.05, 0.1) is 18.7 Å². The summed E-state index contributed by atoms with van der Waals surface area (Å²) in [5.41, 5.74) is 3.88. The molecule has 2 fully saturated rings. The molecule has 5 rings (SSSR count). The van der Waals surface area contributed by atoms with Gasteiger partial charge in [-0.25, -0.2) is 4.98 Å². The van der Waals surface area contributed by atoms with Crippen LogP contribution in [0.15, 0.2) is 42.5 Å². The molecule has 8 nitrogen and oxygen atoms in total. The van der Waals surface area contributed by atoms with E-state index in [1.54, 1.807) is 6.07 Å². The smallest absolute Gasteiger partial charge is 0.298 e. The van der Waals surface area contributed by atoms with E-state index in [0.29, 0.717) is 23.8 Å². The van der Waals surface area contributed by atoms with Crippen molar-refractivity contribution in [3.63, 3.8) is 0 Å². The summed E-state index contributed by atoms with van der Waals surface area (Å²) < 4.78 is 12.9. The Bertz CT molecular complexity index is 1120. The number of nitrogens with zero attached hydrogens (tertiary/aromatic N) is 5. The zero-order chi connectivity index (χ0) is 22.8. The summed E-state index contributed by atoms with van der Waals surface area (Å²) in [5.74, 6) is 1.33. The lowest BCUT2D eigenvalue weighted by Crippen LogP contribution is -2.54. The number of carbonyl (C=O) groups is 1. The molecule has 33 heavy (non-hydrogen) atoms. The van der Waals surface area contributed by atoms with Gasteiger partial charge in [0, 0.05) is 63.6 Å². The SMILES string of the molecule is CN1CCOCC1CN1CCN(c2cccc(-c3nc4c(OC=O)cccc4n3C)c2)CC1. The van der Waals surface area contributed by atoms with E-state index in [-0.39, 0.29) is 0 Å². The highest BCUT2D eigenvalue weighted by Crippen LogP contribution is 2.31. The van der Waals surface area contributed by atoms with Crippen LogP contribution < -0.4 is 9.64 Å². The maximum absolute atomic E-state index is 10.9. The number of likely N-dealkylation sites (N-methyl/N-ethyl adjacent to an activating group) is 1. The highest BCUT2D eigenvalue weighted by Gasteiger charge is 2.25. The van der Waals surface area contributed by atoms with Crippen molar-refractivity contribution < 1.29 is 14.3 Å². The molecule has 2 saturated heterocycles. The Balaban J connectivity index is 1.31. The van der Waals surface area contributed by atoms with Gasteiger partial charge < -0.3 is 18.9 Å². The first-order valence-corrected chi connectivity index (χ1v) is 11.6. The molecule has 0 N–H and O–H groups in total. The van der Waals surface area contributed by atoms with Crippen LogP contribution in [0.2, 0.25) is 0 Å². The number of carbonyl (C=O) groups excluding carboxylic acids is 1. The number of hydrogen-bond donors (Lipinski definition) is 0. The van der Waals surface area contributed by atoms with E-state index < -0.39 is 0 Å². The van der Waals surface area contributed by atoms with Gasteiger partial charge in [-0.05, 0) is 31.3 Å². The van der Waals surface area contributed by atoms with Gasteiger partial charge in [-0.1, -0.05) is 18.2 Å². The third kappa shape index (κ3) is 4.46. The summed E-state index contributed by atoms with van der Waals surface area (Å²) in [6.45, 7) is 8.30. The summed E-state index contributed by atoms with van der Waals surface area (Å²) in [4.78, 5) is 23.1. The van der Waals surface area contributed by atoms with Crippen molar-refractivity contribution in [3.8, 4) is 17.1 Å². The van der Waals surface area contributed by atoms with Gasteiger partial charge in [0.2, 0.25) is 0 Å². The molecule has 8 heteroatoms. The maximum Gasteiger partial charge on any atom is 0.298 e. The van der Waals surface area contributed by atoms with Gasteiger partial charge in [0.25, 0.3) is 6.47 Å². The largest absolute Gasteiger partial charge is 0.426 e. The normalized spacial score (nSPS) is 20.3. The van der Waals surface area contributed by atoms with Crippen molar-refractivity contribution in [1.82, 2.24) is 19.4 Å². The average molecular weight is 450 g/mol. The predicted molar refractivity (Wildman–Crippen MR) is 129 cm³/mol. The fraction of sp³-hybridized carbons (Fsp3) is 0.440. The molecule has 3 heterocycles. The van der Waals surface area contributed by atoms with E-state index in [4.69, 9.17) is 14.5 Å². The van der Waals surface area contributed by atoms with Crippen molar-refractivity contribution in [2.75, 3.05) is 64.4 Å². The summed E-state index contributed by atoms with van der Waals surface area (Å²) in [6.07, 6.45) is 0. The van der Waals surface area contributed by atoms with Crippen LogP contribution >= 0.6 is 0 Å². The first kappa shape index (κ1) is 21.9. The van der Waals surface area contributed by atoms with Crippen molar-refractivity contribution in [3.05, 3.63) is 42.5 Å². The Morgan fingerprint density at radius 3 is 2.70 bits per heavy atom. The maximum atomic E-state index is 10.9. The van der Waals surface area contributed by atoms with E-state index in [1.807, 2.05) is 23.7 Å². The molecule has 0 amide bonds. The lowest BCUT2D eigenvalue weighted by molar-refractivity contribution is -0.120. The van der Waals surface area contributed by atoms with Crippen molar-refractivity contribution in [2.45, 2.75) is 6.04 Å². The number of benzene rings is 2. The highest BCUT2D eigenvalue weighted by atomic mass is 16.5. The van der Waals surface area contributed by atoms with Gasteiger partial charge in [0.1, 0.15) is 11.3 Å². The molecule has 1 atom stereocenters. The number of hydrogen-bond acceptors (Lipinski definition) is 7. The molecule has 0 bridgehead atoms. The lowest BCUT2D eigenvalue weighted by atomic mass is 10.1. The van der Waals surface area contributed by atoms with Crippen LogP contribution in [-0.2, 0) is 16.6 Å². The van der Waals surface area contributed by atoms with E-state index in [1.165, 1.54) is 5.69 Å². The van der Waals surface area contributed by atoms with Gasteiger partial charge in [-0.15, -0.1) is 0 Å². The summed E-state index contributed by atoms with van der Waals surface area (Å²) in [7, 11) is 4.19. The minimum atomic E-state index is 0.447. The average Bonchev–Trinajstić information content (AvgIpc) is 3.19. The van der Waals surface area contributed by atoms with Crippen LogP contribution in [-0.4, -0.2) is 91.4 Å². The van der Waals surface area contributed by atoms with Crippen LogP contribution in [0.5, 0.6) is 5.75 Å². The molecule has 0 radical (unpaired) electrons. The second kappa shape index (κ2) is 9.51.